The lowest BCUT2D eigenvalue weighted by molar-refractivity contribution is -0.135. The molecule has 0 saturated carbocycles. The molecule has 2 heterocycles. The molecule has 1 saturated heterocycles. The van der Waals surface area contributed by atoms with Crippen LogP contribution in [0.1, 0.15) is 18.1 Å². The molecule has 2 aromatic rings. The molecule has 0 N–H and O–H groups in total. The van der Waals surface area contributed by atoms with Crippen LogP contribution in [0.5, 0.6) is 17.2 Å². The Bertz CT molecular complexity index is 983. The molecule has 3 aliphatic rings. The van der Waals surface area contributed by atoms with Crippen molar-refractivity contribution in [3.05, 3.63) is 59.2 Å². The zero-order chi connectivity index (χ0) is 19.8. The van der Waals surface area contributed by atoms with E-state index in [1.165, 1.54) is 11.1 Å². The number of carbonyl (C=O) groups is 1. The lowest BCUT2D eigenvalue weighted by Crippen LogP contribution is -2.48. The summed E-state index contributed by atoms with van der Waals surface area (Å²) in [5.74, 6) is 2.22. The van der Waals surface area contributed by atoms with Crippen LogP contribution in [0.25, 0.3) is 5.57 Å². The molecule has 6 nitrogen and oxygen atoms in total. The van der Waals surface area contributed by atoms with Crippen molar-refractivity contribution in [2.24, 2.45) is 0 Å². The van der Waals surface area contributed by atoms with E-state index in [1.807, 2.05) is 42.2 Å². The highest BCUT2D eigenvalue weighted by atomic mass is 16.7. The zero-order valence-corrected chi connectivity index (χ0v) is 16.3. The lowest BCUT2D eigenvalue weighted by Gasteiger charge is -2.33. The molecular weight excluding hydrogens is 370 g/mol. The van der Waals surface area contributed by atoms with E-state index in [0.29, 0.717) is 44.2 Å². The Balaban J connectivity index is 1.22. The van der Waals surface area contributed by atoms with Crippen molar-refractivity contribution in [3.63, 3.8) is 0 Å². The van der Waals surface area contributed by atoms with Gasteiger partial charge in [0.05, 0.1) is 13.2 Å². The maximum absolute atomic E-state index is 13.2. The van der Waals surface area contributed by atoms with Gasteiger partial charge in [0.2, 0.25) is 6.79 Å². The number of hydrogen-bond donors (Lipinski definition) is 0. The van der Waals surface area contributed by atoms with Gasteiger partial charge in [0.1, 0.15) is 18.5 Å². The van der Waals surface area contributed by atoms with Crippen LogP contribution in [0.15, 0.2) is 48.0 Å². The Hall–Kier alpha value is -2.99. The van der Waals surface area contributed by atoms with E-state index in [1.54, 1.807) is 0 Å². The van der Waals surface area contributed by atoms with Crippen molar-refractivity contribution in [1.82, 2.24) is 4.90 Å². The predicted molar refractivity (Wildman–Crippen MR) is 107 cm³/mol. The van der Waals surface area contributed by atoms with Crippen LogP contribution in [-0.2, 0) is 16.0 Å². The third kappa shape index (κ3) is 3.44. The number of ether oxygens (including phenoxy) is 4. The first kappa shape index (κ1) is 18.1. The molecule has 0 bridgehead atoms. The molecular formula is C23H23NO5. The molecule has 5 rings (SSSR count). The Kier molecular flexibility index (Phi) is 4.64. The second-order valence-corrected chi connectivity index (χ2v) is 7.51. The second-order valence-electron chi connectivity index (χ2n) is 7.51. The second kappa shape index (κ2) is 7.44. The van der Waals surface area contributed by atoms with Crippen molar-refractivity contribution >= 4 is 11.5 Å². The van der Waals surface area contributed by atoms with Crippen LogP contribution < -0.4 is 14.2 Å². The van der Waals surface area contributed by atoms with Crippen molar-refractivity contribution in [2.45, 2.75) is 19.4 Å². The number of rotatable bonds is 4. The maximum Gasteiger partial charge on any atom is 0.250 e. The fraction of sp³-hybridized carbons (Fsp3) is 0.348. The summed E-state index contributed by atoms with van der Waals surface area (Å²) < 4.78 is 22.4. The SMILES string of the molecule is CC1=C(C(=O)N2CCOC(COc3ccc4c(c3)OCO4)C2)Cc2ccccc21. The molecule has 0 radical (unpaired) electrons. The summed E-state index contributed by atoms with van der Waals surface area (Å²) in [6, 6.07) is 13.7. The van der Waals surface area contributed by atoms with Gasteiger partial charge in [-0.1, -0.05) is 24.3 Å². The van der Waals surface area contributed by atoms with Gasteiger partial charge in [0.25, 0.3) is 5.91 Å². The molecule has 2 aromatic carbocycles. The summed E-state index contributed by atoms with van der Waals surface area (Å²) in [4.78, 5) is 15.1. The van der Waals surface area contributed by atoms with E-state index in [2.05, 4.69) is 12.1 Å². The van der Waals surface area contributed by atoms with Crippen LogP contribution in [0, 0.1) is 0 Å². The van der Waals surface area contributed by atoms with Crippen LogP contribution in [0.2, 0.25) is 0 Å². The topological polar surface area (TPSA) is 57.2 Å². The Labute approximate surface area is 169 Å². The smallest absolute Gasteiger partial charge is 0.250 e. The minimum absolute atomic E-state index is 0.107. The average molecular weight is 393 g/mol. The van der Waals surface area contributed by atoms with E-state index in [4.69, 9.17) is 18.9 Å². The van der Waals surface area contributed by atoms with E-state index in [-0.39, 0.29) is 18.8 Å². The lowest BCUT2D eigenvalue weighted by atomic mass is 10.1. The van der Waals surface area contributed by atoms with Gasteiger partial charge >= 0.3 is 0 Å². The normalized spacial score (nSPS) is 20.0. The van der Waals surface area contributed by atoms with E-state index in [0.717, 1.165) is 16.9 Å². The third-order valence-corrected chi connectivity index (χ3v) is 5.71. The Morgan fingerprint density at radius 3 is 2.93 bits per heavy atom. The molecule has 1 atom stereocenters. The number of hydrogen-bond acceptors (Lipinski definition) is 5. The number of amides is 1. The summed E-state index contributed by atoms with van der Waals surface area (Å²) in [7, 11) is 0. The molecule has 0 aromatic heterocycles. The largest absolute Gasteiger partial charge is 0.491 e. The highest BCUT2D eigenvalue weighted by molar-refractivity contribution is 6.03. The standard InChI is InChI=1S/C23H23NO5/c1-15-19-5-3-2-4-16(19)10-20(15)23(25)24-8-9-26-18(12-24)13-27-17-6-7-21-22(11-17)29-14-28-21/h2-7,11,18H,8-10,12-14H2,1H3. The van der Waals surface area contributed by atoms with Crippen LogP contribution in [0.3, 0.4) is 0 Å². The third-order valence-electron chi connectivity index (χ3n) is 5.71. The number of nitrogens with zero attached hydrogens (tertiary/aromatic N) is 1. The van der Waals surface area contributed by atoms with Crippen molar-refractivity contribution in [1.29, 1.82) is 0 Å². The fourth-order valence-corrected chi connectivity index (χ4v) is 4.11. The molecule has 2 aliphatic heterocycles. The van der Waals surface area contributed by atoms with Gasteiger partial charge < -0.3 is 23.8 Å². The summed E-state index contributed by atoms with van der Waals surface area (Å²) in [6.45, 7) is 4.30. The minimum atomic E-state index is -0.164. The first-order valence-electron chi connectivity index (χ1n) is 9.90. The van der Waals surface area contributed by atoms with Crippen molar-refractivity contribution in [2.75, 3.05) is 33.1 Å². The number of carbonyl (C=O) groups excluding carboxylic acids is 1. The average Bonchev–Trinajstić information content (AvgIpc) is 3.36. The number of morpholine rings is 1. The van der Waals surface area contributed by atoms with Gasteiger partial charge in [-0.15, -0.1) is 0 Å². The molecule has 150 valence electrons. The Morgan fingerprint density at radius 1 is 1.17 bits per heavy atom. The highest BCUT2D eigenvalue weighted by Crippen LogP contribution is 2.35. The molecule has 1 aliphatic carbocycles. The first-order valence-corrected chi connectivity index (χ1v) is 9.90. The minimum Gasteiger partial charge on any atom is -0.491 e. The number of benzene rings is 2. The number of allylic oxidation sites excluding steroid dienone is 1. The molecule has 1 fully saturated rings. The maximum atomic E-state index is 13.2. The predicted octanol–water partition coefficient (Wildman–Crippen LogP) is 3.05. The van der Waals surface area contributed by atoms with E-state index >= 15 is 0 Å². The Morgan fingerprint density at radius 2 is 2.03 bits per heavy atom. The van der Waals surface area contributed by atoms with Crippen LogP contribution in [-0.4, -0.2) is 50.0 Å². The monoisotopic (exact) mass is 393 g/mol. The van der Waals surface area contributed by atoms with Crippen molar-refractivity contribution < 1.29 is 23.7 Å². The summed E-state index contributed by atoms with van der Waals surface area (Å²) >= 11 is 0. The van der Waals surface area contributed by atoms with Gasteiger partial charge in [-0.2, -0.15) is 0 Å². The van der Waals surface area contributed by atoms with Crippen LogP contribution >= 0.6 is 0 Å². The molecule has 1 amide bonds. The first-order chi connectivity index (χ1) is 14.2. The molecule has 1 unspecified atom stereocenters. The quantitative estimate of drug-likeness (QED) is 0.799. The van der Waals surface area contributed by atoms with Crippen molar-refractivity contribution in [3.8, 4) is 17.2 Å². The van der Waals surface area contributed by atoms with E-state index < -0.39 is 0 Å². The number of fused-ring (bicyclic) bond motifs is 2. The zero-order valence-electron chi connectivity index (χ0n) is 16.3. The van der Waals surface area contributed by atoms with Gasteiger partial charge in [-0.25, -0.2) is 0 Å². The van der Waals surface area contributed by atoms with Crippen LogP contribution in [0.4, 0.5) is 0 Å². The fourth-order valence-electron chi connectivity index (χ4n) is 4.11. The summed E-state index contributed by atoms with van der Waals surface area (Å²) in [5.41, 5.74) is 4.39. The van der Waals surface area contributed by atoms with Gasteiger partial charge in [-0.05, 0) is 35.8 Å². The molecule has 0 spiro atoms. The highest BCUT2D eigenvalue weighted by Gasteiger charge is 2.30. The molecule has 29 heavy (non-hydrogen) atoms. The van der Waals surface area contributed by atoms with Gasteiger partial charge in [0, 0.05) is 24.6 Å². The summed E-state index contributed by atoms with van der Waals surface area (Å²) in [5, 5.41) is 0. The summed E-state index contributed by atoms with van der Waals surface area (Å²) in [6.07, 6.45) is 0.541. The van der Waals surface area contributed by atoms with Gasteiger partial charge in [-0.3, -0.25) is 4.79 Å². The molecule has 6 heteroatoms. The van der Waals surface area contributed by atoms with Gasteiger partial charge in [0.15, 0.2) is 11.5 Å². The van der Waals surface area contributed by atoms with E-state index in [9.17, 15) is 4.79 Å².